The van der Waals surface area contributed by atoms with E-state index in [-0.39, 0.29) is 12.2 Å². The first-order chi connectivity index (χ1) is 9.04. The average Bonchev–Trinajstić information content (AvgIpc) is 3.06. The lowest BCUT2D eigenvalue weighted by atomic mass is 10.2. The second-order valence-electron chi connectivity index (χ2n) is 5.45. The van der Waals surface area contributed by atoms with Crippen molar-refractivity contribution in [1.29, 1.82) is 0 Å². The number of aromatic carboxylic acids is 1. The van der Waals surface area contributed by atoms with Crippen molar-refractivity contribution < 1.29 is 14.6 Å². The van der Waals surface area contributed by atoms with Crippen molar-refractivity contribution in [3.63, 3.8) is 0 Å². The standard InChI is InChI=1S/C13H18N2O3S/c1-7-5-15(6-8(2)18-7)13-14-10(9-3-4-9)11(19-13)12(16)17/h7-9H,3-6H2,1-2H3,(H,16,17). The fourth-order valence-corrected chi connectivity index (χ4v) is 3.59. The molecule has 0 amide bonds. The normalized spacial score (nSPS) is 27.6. The highest BCUT2D eigenvalue weighted by atomic mass is 32.1. The number of rotatable bonds is 3. The maximum Gasteiger partial charge on any atom is 0.347 e. The number of carboxylic acid groups (broad SMARTS) is 1. The van der Waals surface area contributed by atoms with Gasteiger partial charge in [-0.3, -0.25) is 0 Å². The average molecular weight is 282 g/mol. The van der Waals surface area contributed by atoms with E-state index in [9.17, 15) is 9.90 Å². The van der Waals surface area contributed by atoms with Crippen LogP contribution in [0.4, 0.5) is 5.13 Å². The monoisotopic (exact) mass is 282 g/mol. The predicted molar refractivity (Wildman–Crippen MR) is 73.3 cm³/mol. The van der Waals surface area contributed by atoms with E-state index < -0.39 is 5.97 Å². The fraction of sp³-hybridized carbons (Fsp3) is 0.692. The van der Waals surface area contributed by atoms with Crippen molar-refractivity contribution in [3.8, 4) is 0 Å². The fourth-order valence-electron chi connectivity index (χ4n) is 2.58. The summed E-state index contributed by atoms with van der Waals surface area (Å²) in [6, 6.07) is 0. The Kier molecular flexibility index (Phi) is 3.22. The van der Waals surface area contributed by atoms with Gasteiger partial charge in [0.2, 0.25) is 0 Å². The number of thiazole rings is 1. The molecule has 0 spiro atoms. The molecule has 1 aliphatic heterocycles. The minimum Gasteiger partial charge on any atom is -0.477 e. The Morgan fingerprint density at radius 2 is 2.00 bits per heavy atom. The third kappa shape index (κ3) is 2.60. The van der Waals surface area contributed by atoms with Gasteiger partial charge in [0, 0.05) is 19.0 Å². The zero-order valence-corrected chi connectivity index (χ0v) is 11.9. The largest absolute Gasteiger partial charge is 0.477 e. The molecule has 0 bridgehead atoms. The molecule has 2 fully saturated rings. The number of carboxylic acids is 1. The van der Waals surface area contributed by atoms with Crippen molar-refractivity contribution >= 4 is 22.4 Å². The Labute approximate surface area is 116 Å². The number of nitrogens with zero attached hydrogens (tertiary/aromatic N) is 2. The molecule has 1 aromatic heterocycles. The van der Waals surface area contributed by atoms with Crippen LogP contribution in [0.3, 0.4) is 0 Å². The number of morpholine rings is 1. The summed E-state index contributed by atoms with van der Waals surface area (Å²) in [7, 11) is 0. The molecule has 104 valence electrons. The molecule has 1 saturated heterocycles. The number of hydrogen-bond donors (Lipinski definition) is 1. The third-order valence-corrected chi connectivity index (χ3v) is 4.61. The Morgan fingerprint density at radius 1 is 1.37 bits per heavy atom. The minimum atomic E-state index is -0.847. The van der Waals surface area contributed by atoms with Crippen LogP contribution in [0.5, 0.6) is 0 Å². The summed E-state index contributed by atoms with van der Waals surface area (Å²) in [6.45, 7) is 5.63. The highest BCUT2D eigenvalue weighted by Crippen LogP contribution is 2.44. The number of anilines is 1. The lowest BCUT2D eigenvalue weighted by molar-refractivity contribution is -0.00523. The van der Waals surface area contributed by atoms with Crippen molar-refractivity contribution in [2.75, 3.05) is 18.0 Å². The van der Waals surface area contributed by atoms with Crippen LogP contribution in [0.15, 0.2) is 0 Å². The van der Waals surface area contributed by atoms with Gasteiger partial charge in [-0.25, -0.2) is 9.78 Å². The molecule has 5 nitrogen and oxygen atoms in total. The quantitative estimate of drug-likeness (QED) is 0.922. The van der Waals surface area contributed by atoms with Crippen molar-refractivity contribution in [3.05, 3.63) is 10.6 Å². The molecule has 2 aliphatic rings. The first-order valence-electron chi connectivity index (χ1n) is 6.69. The molecule has 1 saturated carbocycles. The third-order valence-electron chi connectivity index (χ3n) is 3.49. The number of aromatic nitrogens is 1. The maximum atomic E-state index is 11.3. The van der Waals surface area contributed by atoms with Crippen molar-refractivity contribution in [2.24, 2.45) is 0 Å². The summed E-state index contributed by atoms with van der Waals surface area (Å²) in [5.41, 5.74) is 0.791. The van der Waals surface area contributed by atoms with E-state index in [2.05, 4.69) is 9.88 Å². The van der Waals surface area contributed by atoms with Gasteiger partial charge in [-0.1, -0.05) is 11.3 Å². The molecular formula is C13H18N2O3S. The smallest absolute Gasteiger partial charge is 0.347 e. The molecule has 3 rings (SSSR count). The molecule has 1 aromatic rings. The lowest BCUT2D eigenvalue weighted by Gasteiger charge is -2.35. The van der Waals surface area contributed by atoms with Gasteiger partial charge in [0.15, 0.2) is 5.13 Å². The van der Waals surface area contributed by atoms with Crippen LogP contribution in [0.1, 0.15) is 48.0 Å². The Hall–Kier alpha value is -1.14. The second kappa shape index (κ2) is 4.76. The molecule has 0 aromatic carbocycles. The number of hydrogen-bond acceptors (Lipinski definition) is 5. The van der Waals surface area contributed by atoms with Gasteiger partial charge in [0.25, 0.3) is 0 Å². The summed E-state index contributed by atoms with van der Waals surface area (Å²) < 4.78 is 5.70. The summed E-state index contributed by atoms with van der Waals surface area (Å²) in [4.78, 5) is 18.5. The van der Waals surface area contributed by atoms with Crippen LogP contribution in [0.25, 0.3) is 0 Å². The van der Waals surface area contributed by atoms with Gasteiger partial charge in [-0.15, -0.1) is 0 Å². The highest BCUT2D eigenvalue weighted by molar-refractivity contribution is 7.17. The van der Waals surface area contributed by atoms with Crippen LogP contribution < -0.4 is 4.90 Å². The van der Waals surface area contributed by atoms with E-state index in [1.165, 1.54) is 11.3 Å². The first kappa shape index (κ1) is 12.9. The van der Waals surface area contributed by atoms with E-state index in [0.717, 1.165) is 36.8 Å². The number of ether oxygens (including phenoxy) is 1. The summed E-state index contributed by atoms with van der Waals surface area (Å²) >= 11 is 1.31. The first-order valence-corrected chi connectivity index (χ1v) is 7.50. The molecule has 2 unspecified atom stereocenters. The van der Waals surface area contributed by atoms with E-state index in [1.807, 2.05) is 13.8 Å². The molecule has 2 atom stereocenters. The summed E-state index contributed by atoms with van der Waals surface area (Å²) in [5, 5.41) is 10.1. The Balaban J connectivity index is 1.88. The van der Waals surface area contributed by atoms with Gasteiger partial charge in [-0.2, -0.15) is 0 Å². The summed E-state index contributed by atoms with van der Waals surface area (Å²) in [5.74, 6) is -0.480. The van der Waals surface area contributed by atoms with E-state index in [4.69, 9.17) is 4.74 Å². The second-order valence-corrected chi connectivity index (χ2v) is 6.43. The van der Waals surface area contributed by atoms with Crippen LogP contribution >= 0.6 is 11.3 Å². The Bertz CT molecular complexity index is 488. The zero-order valence-electron chi connectivity index (χ0n) is 11.1. The lowest BCUT2D eigenvalue weighted by Crippen LogP contribution is -2.45. The van der Waals surface area contributed by atoms with E-state index in [0.29, 0.717) is 10.8 Å². The molecule has 19 heavy (non-hydrogen) atoms. The molecule has 1 aliphatic carbocycles. The molecule has 0 radical (unpaired) electrons. The van der Waals surface area contributed by atoms with Gasteiger partial charge < -0.3 is 14.7 Å². The number of carbonyl (C=O) groups is 1. The minimum absolute atomic E-state index is 0.158. The highest BCUT2D eigenvalue weighted by Gasteiger charge is 2.34. The van der Waals surface area contributed by atoms with Crippen LogP contribution in [0.2, 0.25) is 0 Å². The van der Waals surface area contributed by atoms with Crippen molar-refractivity contribution in [1.82, 2.24) is 4.98 Å². The molecule has 1 N–H and O–H groups in total. The van der Waals surface area contributed by atoms with Gasteiger partial charge in [0.05, 0.1) is 17.9 Å². The summed E-state index contributed by atoms with van der Waals surface area (Å²) in [6.07, 6.45) is 2.45. The molecule has 6 heteroatoms. The Morgan fingerprint density at radius 3 is 2.53 bits per heavy atom. The maximum absolute atomic E-state index is 11.3. The van der Waals surface area contributed by atoms with Gasteiger partial charge >= 0.3 is 5.97 Å². The van der Waals surface area contributed by atoms with E-state index >= 15 is 0 Å². The van der Waals surface area contributed by atoms with Crippen molar-refractivity contribution in [2.45, 2.75) is 44.8 Å². The van der Waals surface area contributed by atoms with Crippen LogP contribution in [-0.4, -0.2) is 41.4 Å². The van der Waals surface area contributed by atoms with E-state index in [1.54, 1.807) is 0 Å². The predicted octanol–water partition coefficient (Wildman–Crippen LogP) is 2.33. The topological polar surface area (TPSA) is 62.7 Å². The van der Waals surface area contributed by atoms with Gasteiger partial charge in [-0.05, 0) is 26.7 Å². The molecular weight excluding hydrogens is 264 g/mol. The van der Waals surface area contributed by atoms with Gasteiger partial charge in [0.1, 0.15) is 4.88 Å². The molecule has 2 heterocycles. The zero-order chi connectivity index (χ0) is 13.6. The van der Waals surface area contributed by atoms with Crippen LogP contribution in [0, 0.1) is 0 Å². The SMILES string of the molecule is CC1CN(c2nc(C3CC3)c(C(=O)O)s2)CC(C)O1. The van der Waals surface area contributed by atoms with Crippen LogP contribution in [-0.2, 0) is 4.74 Å².